The summed E-state index contributed by atoms with van der Waals surface area (Å²) in [5, 5.41) is 0. The van der Waals surface area contributed by atoms with Gasteiger partial charge in [-0.25, -0.2) is 9.97 Å². The number of aliphatic imine (C=N–C) groups is 1. The Labute approximate surface area is 160 Å². The van der Waals surface area contributed by atoms with Gasteiger partial charge in [-0.2, -0.15) is 0 Å². The van der Waals surface area contributed by atoms with Gasteiger partial charge >= 0.3 is 0 Å². The summed E-state index contributed by atoms with van der Waals surface area (Å²) < 4.78 is 11.7. The van der Waals surface area contributed by atoms with Gasteiger partial charge in [-0.05, 0) is 45.4 Å². The third-order valence-electron chi connectivity index (χ3n) is 4.75. The summed E-state index contributed by atoms with van der Waals surface area (Å²) in [6.45, 7) is 10.6. The standard InChI is InChI=1S/C21H26N4O2/c1-13(2)26-17-6-5-16-9-22-21(18(16)7-17)19-8-20(24-12-23-19)25-10-14(3)27-15(4)11-25/h5-8,12-15H,9-11H2,1-4H3/t14-,15+. The molecule has 1 aromatic carbocycles. The summed E-state index contributed by atoms with van der Waals surface area (Å²) in [5.41, 5.74) is 4.07. The van der Waals surface area contributed by atoms with Crippen molar-refractivity contribution in [3.8, 4) is 5.75 Å². The van der Waals surface area contributed by atoms with Crippen molar-refractivity contribution in [2.75, 3.05) is 18.0 Å². The summed E-state index contributed by atoms with van der Waals surface area (Å²) in [4.78, 5) is 16.0. The molecule has 0 bridgehead atoms. The molecule has 27 heavy (non-hydrogen) atoms. The predicted molar refractivity (Wildman–Crippen MR) is 106 cm³/mol. The number of rotatable bonds is 4. The molecule has 3 heterocycles. The van der Waals surface area contributed by atoms with Gasteiger partial charge in [-0.15, -0.1) is 0 Å². The number of hydrogen-bond donors (Lipinski definition) is 0. The van der Waals surface area contributed by atoms with Crippen LogP contribution in [0, 0.1) is 0 Å². The molecular formula is C21H26N4O2. The Morgan fingerprint density at radius 1 is 1.11 bits per heavy atom. The molecule has 2 atom stereocenters. The number of morpholine rings is 1. The molecule has 6 heteroatoms. The Morgan fingerprint density at radius 2 is 1.89 bits per heavy atom. The fraction of sp³-hybridized carbons (Fsp3) is 0.476. The second-order valence-electron chi connectivity index (χ2n) is 7.57. The first kappa shape index (κ1) is 17.9. The first-order valence-corrected chi connectivity index (χ1v) is 9.57. The number of anilines is 1. The topological polar surface area (TPSA) is 59.8 Å². The lowest BCUT2D eigenvalue weighted by molar-refractivity contribution is -0.00546. The second kappa shape index (κ2) is 7.27. The molecule has 0 N–H and O–H groups in total. The van der Waals surface area contributed by atoms with E-state index in [1.165, 1.54) is 5.56 Å². The van der Waals surface area contributed by atoms with Crippen LogP contribution >= 0.6 is 0 Å². The first-order chi connectivity index (χ1) is 13.0. The Balaban J connectivity index is 1.63. The summed E-state index contributed by atoms with van der Waals surface area (Å²) >= 11 is 0. The maximum atomic E-state index is 5.86. The SMILES string of the molecule is CC(C)Oc1ccc2c(c1)C(c1cc(N3C[C@@H](C)O[C@@H](C)C3)ncn1)=NC2. The highest BCUT2D eigenvalue weighted by atomic mass is 16.5. The molecule has 1 fully saturated rings. The third-order valence-corrected chi connectivity index (χ3v) is 4.75. The summed E-state index contributed by atoms with van der Waals surface area (Å²) in [6, 6.07) is 8.21. The van der Waals surface area contributed by atoms with Crippen LogP contribution in [0.3, 0.4) is 0 Å². The largest absolute Gasteiger partial charge is 0.491 e. The van der Waals surface area contributed by atoms with E-state index in [1.54, 1.807) is 6.33 Å². The molecule has 1 aromatic heterocycles. The molecule has 4 rings (SSSR count). The molecule has 0 amide bonds. The number of ether oxygens (including phenoxy) is 2. The first-order valence-electron chi connectivity index (χ1n) is 9.57. The van der Waals surface area contributed by atoms with E-state index in [1.807, 2.05) is 26.0 Å². The van der Waals surface area contributed by atoms with E-state index in [-0.39, 0.29) is 18.3 Å². The van der Waals surface area contributed by atoms with Crippen LogP contribution in [0.15, 0.2) is 35.6 Å². The molecule has 0 radical (unpaired) electrons. The quantitative estimate of drug-likeness (QED) is 0.831. The smallest absolute Gasteiger partial charge is 0.132 e. The van der Waals surface area contributed by atoms with E-state index in [9.17, 15) is 0 Å². The molecule has 2 aliphatic rings. The summed E-state index contributed by atoms with van der Waals surface area (Å²) in [6.07, 6.45) is 2.14. The van der Waals surface area contributed by atoms with E-state index >= 15 is 0 Å². The monoisotopic (exact) mass is 366 g/mol. The molecule has 0 unspecified atom stereocenters. The van der Waals surface area contributed by atoms with Gasteiger partial charge in [-0.1, -0.05) is 6.07 Å². The van der Waals surface area contributed by atoms with Crippen molar-refractivity contribution < 1.29 is 9.47 Å². The zero-order valence-corrected chi connectivity index (χ0v) is 16.3. The van der Waals surface area contributed by atoms with Gasteiger partial charge in [0.25, 0.3) is 0 Å². The minimum Gasteiger partial charge on any atom is -0.491 e. The van der Waals surface area contributed by atoms with E-state index in [0.717, 1.165) is 41.6 Å². The van der Waals surface area contributed by atoms with Gasteiger partial charge in [0.15, 0.2) is 0 Å². The van der Waals surface area contributed by atoms with Crippen molar-refractivity contribution in [2.45, 2.75) is 52.6 Å². The highest BCUT2D eigenvalue weighted by Gasteiger charge is 2.25. The summed E-state index contributed by atoms with van der Waals surface area (Å²) in [7, 11) is 0. The van der Waals surface area contributed by atoms with Crippen molar-refractivity contribution in [3.05, 3.63) is 47.4 Å². The Morgan fingerprint density at radius 3 is 2.63 bits per heavy atom. The van der Waals surface area contributed by atoms with Crippen LogP contribution in [0.4, 0.5) is 5.82 Å². The van der Waals surface area contributed by atoms with Crippen molar-refractivity contribution in [1.29, 1.82) is 0 Å². The Hall–Kier alpha value is -2.47. The lowest BCUT2D eigenvalue weighted by Crippen LogP contribution is -2.45. The number of hydrogen-bond acceptors (Lipinski definition) is 6. The van der Waals surface area contributed by atoms with Gasteiger partial charge in [-0.3, -0.25) is 4.99 Å². The fourth-order valence-electron chi connectivity index (χ4n) is 3.74. The number of benzene rings is 1. The molecule has 0 saturated carbocycles. The van der Waals surface area contributed by atoms with Gasteiger partial charge < -0.3 is 14.4 Å². The van der Waals surface area contributed by atoms with Crippen LogP contribution in [0.2, 0.25) is 0 Å². The van der Waals surface area contributed by atoms with Gasteiger partial charge in [0.2, 0.25) is 0 Å². The molecule has 1 saturated heterocycles. The normalized spacial score (nSPS) is 22.0. The van der Waals surface area contributed by atoms with Crippen LogP contribution in [0.25, 0.3) is 0 Å². The molecule has 142 valence electrons. The van der Waals surface area contributed by atoms with Gasteiger partial charge in [0.1, 0.15) is 17.9 Å². The molecule has 6 nitrogen and oxygen atoms in total. The van der Waals surface area contributed by atoms with Crippen LogP contribution < -0.4 is 9.64 Å². The van der Waals surface area contributed by atoms with Gasteiger partial charge in [0.05, 0.1) is 36.3 Å². The number of aromatic nitrogens is 2. The Kier molecular flexibility index (Phi) is 4.83. The minimum atomic E-state index is 0.140. The van der Waals surface area contributed by atoms with Crippen molar-refractivity contribution in [3.63, 3.8) is 0 Å². The molecule has 0 spiro atoms. The van der Waals surface area contributed by atoms with E-state index in [0.29, 0.717) is 6.54 Å². The van der Waals surface area contributed by atoms with Crippen molar-refractivity contribution in [1.82, 2.24) is 9.97 Å². The van der Waals surface area contributed by atoms with Crippen LogP contribution in [-0.4, -0.2) is 47.1 Å². The summed E-state index contributed by atoms with van der Waals surface area (Å²) in [5.74, 6) is 1.79. The number of fused-ring (bicyclic) bond motifs is 1. The van der Waals surface area contributed by atoms with Crippen LogP contribution in [0.5, 0.6) is 5.75 Å². The lowest BCUT2D eigenvalue weighted by atomic mass is 10.0. The number of nitrogens with zero attached hydrogens (tertiary/aromatic N) is 4. The van der Waals surface area contributed by atoms with Crippen molar-refractivity contribution in [2.24, 2.45) is 4.99 Å². The maximum Gasteiger partial charge on any atom is 0.132 e. The predicted octanol–water partition coefficient (Wildman–Crippen LogP) is 3.23. The van der Waals surface area contributed by atoms with Crippen molar-refractivity contribution >= 4 is 11.5 Å². The third kappa shape index (κ3) is 3.81. The van der Waals surface area contributed by atoms with Crippen LogP contribution in [-0.2, 0) is 11.3 Å². The minimum absolute atomic E-state index is 0.140. The molecule has 0 aliphatic carbocycles. The highest BCUT2D eigenvalue weighted by molar-refractivity contribution is 6.14. The molecule has 2 aromatic rings. The van der Waals surface area contributed by atoms with Crippen LogP contribution in [0.1, 0.15) is 44.5 Å². The van der Waals surface area contributed by atoms with E-state index in [2.05, 4.69) is 40.8 Å². The zero-order chi connectivity index (χ0) is 19.0. The Bertz CT molecular complexity index is 855. The fourth-order valence-corrected chi connectivity index (χ4v) is 3.74. The average molecular weight is 366 g/mol. The average Bonchev–Trinajstić information content (AvgIpc) is 3.04. The zero-order valence-electron chi connectivity index (χ0n) is 16.3. The molecule has 2 aliphatic heterocycles. The van der Waals surface area contributed by atoms with E-state index < -0.39 is 0 Å². The highest BCUT2D eigenvalue weighted by Crippen LogP contribution is 2.28. The second-order valence-corrected chi connectivity index (χ2v) is 7.57. The lowest BCUT2D eigenvalue weighted by Gasteiger charge is -2.36. The molecular weight excluding hydrogens is 340 g/mol. The van der Waals surface area contributed by atoms with E-state index in [4.69, 9.17) is 14.5 Å². The van der Waals surface area contributed by atoms with Gasteiger partial charge in [0, 0.05) is 24.7 Å². The maximum absolute atomic E-state index is 5.86.